The largest absolute Gasteiger partial charge is 0.379 e. The first-order chi connectivity index (χ1) is 16.7. The van der Waals surface area contributed by atoms with E-state index in [9.17, 15) is 4.79 Å². The van der Waals surface area contributed by atoms with E-state index in [4.69, 9.17) is 9.72 Å². The predicted molar refractivity (Wildman–Crippen MR) is 149 cm³/mol. The van der Waals surface area contributed by atoms with E-state index in [1.54, 1.807) is 23.1 Å². The molecule has 0 atom stereocenters. The molecule has 4 aromatic rings. The van der Waals surface area contributed by atoms with Gasteiger partial charge in [0, 0.05) is 36.6 Å². The van der Waals surface area contributed by atoms with E-state index in [2.05, 4.69) is 41.5 Å². The van der Waals surface area contributed by atoms with E-state index in [0.29, 0.717) is 12.1 Å². The van der Waals surface area contributed by atoms with Crippen molar-refractivity contribution in [1.29, 1.82) is 0 Å². The van der Waals surface area contributed by atoms with Gasteiger partial charge in [0.15, 0.2) is 5.13 Å². The summed E-state index contributed by atoms with van der Waals surface area (Å²) in [7, 11) is 0. The Morgan fingerprint density at radius 2 is 1.71 bits per heavy atom. The minimum Gasteiger partial charge on any atom is -0.379 e. The smallest absolute Gasteiger partial charge is 0.260 e. The van der Waals surface area contributed by atoms with E-state index in [1.165, 1.54) is 0 Å². The standard InChI is InChI=1S/C27H27N3O2S2.ClH/c1-33-23-8-5-9-24-25(23)28-27(34-24)30(15-14-29-16-18-32-19-17-29)26(31)22-12-10-21(11-13-22)20-6-3-2-4-7-20;/h2-13H,14-19H2,1H3;1H. The number of ether oxygens (including phenoxy) is 1. The van der Waals surface area contributed by atoms with E-state index >= 15 is 0 Å². The summed E-state index contributed by atoms with van der Waals surface area (Å²) in [6.45, 7) is 4.66. The third kappa shape index (κ3) is 5.88. The molecule has 35 heavy (non-hydrogen) atoms. The first kappa shape index (κ1) is 25.7. The van der Waals surface area contributed by atoms with Crippen molar-refractivity contribution in [3.05, 3.63) is 78.4 Å². The van der Waals surface area contributed by atoms with Crippen LogP contribution in [0.1, 0.15) is 10.4 Å². The summed E-state index contributed by atoms with van der Waals surface area (Å²) in [6, 6.07) is 24.3. The molecule has 0 unspecified atom stereocenters. The van der Waals surface area contributed by atoms with Crippen LogP contribution in [0.25, 0.3) is 21.3 Å². The summed E-state index contributed by atoms with van der Waals surface area (Å²) >= 11 is 3.26. The van der Waals surface area contributed by atoms with Crippen LogP contribution in [0.2, 0.25) is 0 Å². The quantitative estimate of drug-likeness (QED) is 0.273. The Bertz CT molecular complexity index is 1260. The molecule has 3 aromatic carbocycles. The van der Waals surface area contributed by atoms with E-state index in [0.717, 1.165) is 64.2 Å². The number of benzene rings is 3. The summed E-state index contributed by atoms with van der Waals surface area (Å²) in [5.41, 5.74) is 3.88. The Labute approximate surface area is 220 Å². The van der Waals surface area contributed by atoms with Crippen LogP contribution in [-0.4, -0.2) is 61.4 Å². The SMILES string of the molecule is CSc1cccc2sc(N(CCN3CCOCC3)C(=O)c3ccc(-c4ccccc4)cc3)nc12.Cl. The molecule has 0 aliphatic carbocycles. The number of carbonyl (C=O) groups is 1. The van der Waals surface area contributed by atoms with Crippen LogP contribution >= 0.6 is 35.5 Å². The Morgan fingerprint density at radius 1 is 1.00 bits per heavy atom. The molecule has 5 nitrogen and oxygen atoms in total. The molecular weight excluding hydrogens is 498 g/mol. The highest BCUT2D eigenvalue weighted by Gasteiger charge is 2.23. The number of nitrogens with zero attached hydrogens (tertiary/aromatic N) is 3. The molecule has 182 valence electrons. The monoisotopic (exact) mass is 525 g/mol. The molecule has 0 radical (unpaired) electrons. The normalized spacial score (nSPS) is 14.0. The molecule has 0 spiro atoms. The number of halogens is 1. The third-order valence-corrected chi connectivity index (χ3v) is 7.86. The number of morpholine rings is 1. The summed E-state index contributed by atoms with van der Waals surface area (Å²) in [5.74, 6) is -0.0161. The number of aromatic nitrogens is 1. The van der Waals surface area contributed by atoms with Gasteiger partial charge in [0.2, 0.25) is 0 Å². The lowest BCUT2D eigenvalue weighted by Gasteiger charge is -2.29. The van der Waals surface area contributed by atoms with Crippen molar-refractivity contribution in [2.24, 2.45) is 0 Å². The highest BCUT2D eigenvalue weighted by atomic mass is 35.5. The molecule has 5 rings (SSSR count). The van der Waals surface area contributed by atoms with E-state index < -0.39 is 0 Å². The molecule has 8 heteroatoms. The molecular formula is C27H28ClN3O2S2. The Balaban J connectivity index is 0.00000289. The van der Waals surface area contributed by atoms with Gasteiger partial charge in [-0.05, 0) is 41.6 Å². The van der Waals surface area contributed by atoms with Crippen LogP contribution in [0.15, 0.2) is 77.7 Å². The molecule has 1 fully saturated rings. The van der Waals surface area contributed by atoms with Crippen molar-refractivity contribution in [3.63, 3.8) is 0 Å². The Kier molecular flexibility index (Phi) is 8.81. The van der Waals surface area contributed by atoms with Crippen LogP contribution in [0.4, 0.5) is 5.13 Å². The van der Waals surface area contributed by atoms with E-state index in [1.807, 2.05) is 47.4 Å². The van der Waals surface area contributed by atoms with Gasteiger partial charge in [-0.1, -0.05) is 59.9 Å². The van der Waals surface area contributed by atoms with Crippen LogP contribution < -0.4 is 4.90 Å². The molecule has 1 aliphatic rings. The molecule has 1 saturated heterocycles. The average Bonchev–Trinajstić information content (AvgIpc) is 3.34. The van der Waals surface area contributed by atoms with Gasteiger partial charge in [0.25, 0.3) is 5.91 Å². The number of thiazole rings is 1. The molecule has 1 aliphatic heterocycles. The number of hydrogen-bond donors (Lipinski definition) is 0. The second-order valence-corrected chi connectivity index (χ2v) is 10.0. The maximum absolute atomic E-state index is 13.7. The number of anilines is 1. The van der Waals surface area contributed by atoms with Crippen LogP contribution in [0.3, 0.4) is 0 Å². The Morgan fingerprint density at radius 3 is 2.43 bits per heavy atom. The van der Waals surface area contributed by atoms with Gasteiger partial charge >= 0.3 is 0 Å². The topological polar surface area (TPSA) is 45.7 Å². The van der Waals surface area contributed by atoms with Gasteiger partial charge in [0.05, 0.1) is 23.4 Å². The van der Waals surface area contributed by atoms with Crippen LogP contribution in [0, 0.1) is 0 Å². The molecule has 2 heterocycles. The second kappa shape index (κ2) is 12.0. The van der Waals surface area contributed by atoms with Crippen molar-refractivity contribution in [3.8, 4) is 11.1 Å². The maximum atomic E-state index is 13.7. The maximum Gasteiger partial charge on any atom is 0.260 e. The summed E-state index contributed by atoms with van der Waals surface area (Å²) in [6.07, 6.45) is 2.06. The lowest BCUT2D eigenvalue weighted by molar-refractivity contribution is 0.0391. The first-order valence-corrected chi connectivity index (χ1v) is 13.5. The number of fused-ring (bicyclic) bond motifs is 1. The number of rotatable bonds is 7. The summed E-state index contributed by atoms with van der Waals surface area (Å²) in [5, 5.41) is 0.752. The lowest BCUT2D eigenvalue weighted by Crippen LogP contribution is -2.43. The highest BCUT2D eigenvalue weighted by Crippen LogP contribution is 2.34. The predicted octanol–water partition coefficient (Wildman–Crippen LogP) is 6.09. The van der Waals surface area contributed by atoms with Crippen molar-refractivity contribution < 1.29 is 9.53 Å². The van der Waals surface area contributed by atoms with Gasteiger partial charge in [-0.2, -0.15) is 0 Å². The van der Waals surface area contributed by atoms with Crippen molar-refractivity contribution in [2.75, 3.05) is 50.5 Å². The Hall–Kier alpha value is -2.42. The highest BCUT2D eigenvalue weighted by molar-refractivity contribution is 7.98. The fourth-order valence-corrected chi connectivity index (χ4v) is 5.78. The molecule has 1 amide bonds. The summed E-state index contributed by atoms with van der Waals surface area (Å²) in [4.78, 5) is 24.0. The second-order valence-electron chi connectivity index (χ2n) is 8.16. The number of para-hydroxylation sites is 1. The molecule has 1 aromatic heterocycles. The zero-order valence-electron chi connectivity index (χ0n) is 19.6. The molecule has 0 N–H and O–H groups in total. The number of amides is 1. The van der Waals surface area contributed by atoms with Gasteiger partial charge in [0.1, 0.15) is 0 Å². The number of thioether (sulfide) groups is 1. The third-order valence-electron chi connectivity index (χ3n) is 6.05. The molecule has 0 bridgehead atoms. The fourth-order valence-electron chi connectivity index (χ4n) is 4.13. The summed E-state index contributed by atoms with van der Waals surface area (Å²) < 4.78 is 6.59. The van der Waals surface area contributed by atoms with Crippen molar-refractivity contribution >= 4 is 56.8 Å². The zero-order valence-corrected chi connectivity index (χ0v) is 22.0. The average molecular weight is 526 g/mol. The molecule has 0 saturated carbocycles. The zero-order chi connectivity index (χ0) is 23.3. The number of carbonyl (C=O) groups excluding carboxylic acids is 1. The van der Waals surface area contributed by atoms with Gasteiger partial charge < -0.3 is 4.74 Å². The van der Waals surface area contributed by atoms with Gasteiger partial charge in [-0.3, -0.25) is 14.6 Å². The lowest BCUT2D eigenvalue weighted by atomic mass is 10.0. The van der Waals surface area contributed by atoms with Crippen LogP contribution in [-0.2, 0) is 4.74 Å². The van der Waals surface area contributed by atoms with Crippen LogP contribution in [0.5, 0.6) is 0 Å². The van der Waals surface area contributed by atoms with Crippen molar-refractivity contribution in [2.45, 2.75) is 4.90 Å². The van der Waals surface area contributed by atoms with Gasteiger partial charge in [-0.15, -0.1) is 24.2 Å². The minimum atomic E-state index is -0.0161. The van der Waals surface area contributed by atoms with Crippen molar-refractivity contribution in [1.82, 2.24) is 9.88 Å². The van der Waals surface area contributed by atoms with E-state index in [-0.39, 0.29) is 18.3 Å². The van der Waals surface area contributed by atoms with Gasteiger partial charge in [-0.25, -0.2) is 4.98 Å². The minimum absolute atomic E-state index is 0. The number of hydrogen-bond acceptors (Lipinski definition) is 6. The first-order valence-electron chi connectivity index (χ1n) is 11.4. The fraction of sp³-hybridized carbons (Fsp3) is 0.259.